The highest BCUT2D eigenvalue weighted by atomic mass is 16.2. The van der Waals surface area contributed by atoms with Gasteiger partial charge in [0.25, 0.3) is 5.91 Å². The van der Waals surface area contributed by atoms with Crippen molar-refractivity contribution < 1.29 is 9.59 Å². The molecule has 0 aliphatic carbocycles. The topological polar surface area (TPSA) is 61.4 Å². The molecular weight excluding hydrogens is 350 g/mol. The standard InChI is InChI=1S/C23H29N3O2/c1-18-7-5-6-8-19(18)11-14-24-22(27)17-26-15-12-21(13-16-26)25-23(28)20-9-3-2-4-10-20/h2-10,21H,11-17H2,1H3,(H,24,27)(H,25,28). The molecule has 0 unspecified atom stereocenters. The third-order valence-corrected chi connectivity index (χ3v) is 5.30. The summed E-state index contributed by atoms with van der Waals surface area (Å²) < 4.78 is 0. The second kappa shape index (κ2) is 10.0. The molecule has 0 saturated carbocycles. The molecule has 2 aromatic carbocycles. The summed E-state index contributed by atoms with van der Waals surface area (Å²) in [5, 5.41) is 6.12. The maximum absolute atomic E-state index is 12.2. The van der Waals surface area contributed by atoms with Crippen LogP contribution in [0.2, 0.25) is 0 Å². The number of hydrogen-bond acceptors (Lipinski definition) is 3. The Hall–Kier alpha value is -2.66. The third kappa shape index (κ3) is 5.92. The monoisotopic (exact) mass is 379 g/mol. The van der Waals surface area contributed by atoms with Gasteiger partial charge in [0, 0.05) is 31.2 Å². The van der Waals surface area contributed by atoms with E-state index < -0.39 is 0 Å². The number of rotatable bonds is 7. The van der Waals surface area contributed by atoms with E-state index in [1.54, 1.807) is 0 Å². The van der Waals surface area contributed by atoms with Crippen molar-refractivity contribution in [2.75, 3.05) is 26.2 Å². The molecule has 1 heterocycles. The molecule has 1 fully saturated rings. The quantitative estimate of drug-likeness (QED) is 0.777. The molecule has 28 heavy (non-hydrogen) atoms. The van der Waals surface area contributed by atoms with Crippen molar-refractivity contribution in [2.24, 2.45) is 0 Å². The first-order valence-corrected chi connectivity index (χ1v) is 10.0. The molecule has 0 spiro atoms. The zero-order valence-corrected chi connectivity index (χ0v) is 16.5. The molecule has 148 valence electrons. The lowest BCUT2D eigenvalue weighted by atomic mass is 10.0. The first kappa shape index (κ1) is 20.1. The lowest BCUT2D eigenvalue weighted by molar-refractivity contribution is -0.122. The van der Waals surface area contributed by atoms with Crippen molar-refractivity contribution in [2.45, 2.75) is 32.2 Å². The highest BCUT2D eigenvalue weighted by molar-refractivity contribution is 5.94. The fourth-order valence-corrected chi connectivity index (χ4v) is 3.58. The van der Waals surface area contributed by atoms with E-state index in [1.165, 1.54) is 11.1 Å². The van der Waals surface area contributed by atoms with Gasteiger partial charge >= 0.3 is 0 Å². The Morgan fingerprint density at radius 1 is 1.00 bits per heavy atom. The van der Waals surface area contributed by atoms with Gasteiger partial charge in [-0.25, -0.2) is 0 Å². The molecule has 0 atom stereocenters. The second-order valence-electron chi connectivity index (χ2n) is 7.42. The molecule has 5 nitrogen and oxygen atoms in total. The number of benzene rings is 2. The van der Waals surface area contributed by atoms with Crippen molar-refractivity contribution in [1.29, 1.82) is 0 Å². The molecule has 1 aliphatic rings. The summed E-state index contributed by atoms with van der Waals surface area (Å²) in [7, 11) is 0. The van der Waals surface area contributed by atoms with Gasteiger partial charge in [-0.05, 0) is 49.4 Å². The average Bonchev–Trinajstić information content (AvgIpc) is 2.71. The van der Waals surface area contributed by atoms with Crippen LogP contribution in [0.3, 0.4) is 0 Å². The molecule has 2 N–H and O–H groups in total. The average molecular weight is 380 g/mol. The molecule has 2 amide bonds. The minimum absolute atomic E-state index is 0.0204. The van der Waals surface area contributed by atoms with Crippen LogP contribution in [0, 0.1) is 6.92 Å². The van der Waals surface area contributed by atoms with Crippen LogP contribution in [0.25, 0.3) is 0 Å². The Morgan fingerprint density at radius 3 is 2.39 bits per heavy atom. The lowest BCUT2D eigenvalue weighted by Gasteiger charge is -2.31. The maximum atomic E-state index is 12.2. The predicted molar refractivity (Wildman–Crippen MR) is 111 cm³/mol. The summed E-state index contributed by atoms with van der Waals surface area (Å²) >= 11 is 0. The largest absolute Gasteiger partial charge is 0.355 e. The van der Waals surface area contributed by atoms with Crippen molar-refractivity contribution in [3.63, 3.8) is 0 Å². The number of hydrogen-bond donors (Lipinski definition) is 2. The highest BCUT2D eigenvalue weighted by Crippen LogP contribution is 2.11. The van der Waals surface area contributed by atoms with Crippen LogP contribution in [-0.2, 0) is 11.2 Å². The zero-order valence-electron chi connectivity index (χ0n) is 16.5. The molecule has 0 bridgehead atoms. The summed E-state index contributed by atoms with van der Waals surface area (Å²) in [6, 6.07) is 17.7. The van der Waals surface area contributed by atoms with Gasteiger partial charge in [-0.1, -0.05) is 42.5 Å². The summed E-state index contributed by atoms with van der Waals surface area (Å²) in [6.07, 6.45) is 2.59. The fourth-order valence-electron chi connectivity index (χ4n) is 3.58. The molecule has 1 aliphatic heterocycles. The summed E-state index contributed by atoms with van der Waals surface area (Å²) in [4.78, 5) is 26.6. The van der Waals surface area contributed by atoms with Crippen LogP contribution in [0.1, 0.15) is 34.3 Å². The van der Waals surface area contributed by atoms with E-state index in [1.807, 2.05) is 42.5 Å². The molecule has 0 radical (unpaired) electrons. The number of aryl methyl sites for hydroxylation is 1. The number of piperidine rings is 1. The van der Waals surface area contributed by atoms with Crippen LogP contribution >= 0.6 is 0 Å². The number of likely N-dealkylation sites (tertiary alicyclic amines) is 1. The lowest BCUT2D eigenvalue weighted by Crippen LogP contribution is -2.47. The van der Waals surface area contributed by atoms with Crippen LogP contribution in [0.15, 0.2) is 54.6 Å². The number of amides is 2. The third-order valence-electron chi connectivity index (χ3n) is 5.30. The minimum Gasteiger partial charge on any atom is -0.355 e. The molecule has 3 rings (SSSR count). The van der Waals surface area contributed by atoms with Gasteiger partial charge in [-0.3, -0.25) is 14.5 Å². The van der Waals surface area contributed by atoms with E-state index in [0.29, 0.717) is 18.7 Å². The van der Waals surface area contributed by atoms with E-state index in [9.17, 15) is 9.59 Å². The first-order chi connectivity index (χ1) is 13.6. The van der Waals surface area contributed by atoms with Gasteiger partial charge in [0.05, 0.1) is 6.54 Å². The molecule has 0 aromatic heterocycles. The van der Waals surface area contributed by atoms with Gasteiger partial charge in [-0.15, -0.1) is 0 Å². The predicted octanol–water partition coefficient (Wildman–Crippen LogP) is 2.55. The Labute approximate surface area is 167 Å². The van der Waals surface area contributed by atoms with Crippen molar-refractivity contribution in [3.8, 4) is 0 Å². The fraction of sp³-hybridized carbons (Fsp3) is 0.391. The van der Waals surface area contributed by atoms with E-state index in [2.05, 4.69) is 34.6 Å². The second-order valence-corrected chi connectivity index (χ2v) is 7.42. The Bertz CT molecular complexity index is 783. The van der Waals surface area contributed by atoms with Crippen LogP contribution in [0.4, 0.5) is 0 Å². The normalized spacial score (nSPS) is 15.2. The van der Waals surface area contributed by atoms with E-state index >= 15 is 0 Å². The van der Waals surface area contributed by atoms with Gasteiger partial charge in [0.1, 0.15) is 0 Å². The summed E-state index contributed by atoms with van der Waals surface area (Å²) in [6.45, 7) is 4.83. The molecule has 5 heteroatoms. The Balaban J connectivity index is 1.34. The summed E-state index contributed by atoms with van der Waals surface area (Å²) in [5.74, 6) is 0.0494. The SMILES string of the molecule is Cc1ccccc1CCNC(=O)CN1CCC(NC(=O)c2ccccc2)CC1. The Kier molecular flexibility index (Phi) is 7.20. The van der Waals surface area contributed by atoms with Gasteiger partial charge in [0.2, 0.25) is 5.91 Å². The van der Waals surface area contributed by atoms with Gasteiger partial charge in [0.15, 0.2) is 0 Å². The smallest absolute Gasteiger partial charge is 0.251 e. The minimum atomic E-state index is -0.0204. The molecular formula is C23H29N3O2. The van der Waals surface area contributed by atoms with Crippen LogP contribution in [-0.4, -0.2) is 48.9 Å². The van der Waals surface area contributed by atoms with Crippen molar-refractivity contribution >= 4 is 11.8 Å². The van der Waals surface area contributed by atoms with Gasteiger partial charge < -0.3 is 10.6 Å². The number of carbonyl (C=O) groups is 2. The molecule has 1 saturated heterocycles. The van der Waals surface area contributed by atoms with E-state index in [-0.39, 0.29) is 17.9 Å². The van der Waals surface area contributed by atoms with Crippen molar-refractivity contribution in [3.05, 3.63) is 71.3 Å². The van der Waals surface area contributed by atoms with Crippen molar-refractivity contribution in [1.82, 2.24) is 15.5 Å². The van der Waals surface area contributed by atoms with Crippen LogP contribution in [0.5, 0.6) is 0 Å². The summed E-state index contributed by atoms with van der Waals surface area (Å²) in [5.41, 5.74) is 3.23. The first-order valence-electron chi connectivity index (χ1n) is 10.0. The molecule has 2 aromatic rings. The number of nitrogens with zero attached hydrogens (tertiary/aromatic N) is 1. The Morgan fingerprint density at radius 2 is 1.68 bits per heavy atom. The zero-order chi connectivity index (χ0) is 19.8. The number of carbonyl (C=O) groups excluding carboxylic acids is 2. The number of nitrogens with one attached hydrogen (secondary N) is 2. The maximum Gasteiger partial charge on any atom is 0.251 e. The van der Waals surface area contributed by atoms with E-state index in [4.69, 9.17) is 0 Å². The van der Waals surface area contributed by atoms with E-state index in [0.717, 1.165) is 32.4 Å². The van der Waals surface area contributed by atoms with Gasteiger partial charge in [-0.2, -0.15) is 0 Å². The highest BCUT2D eigenvalue weighted by Gasteiger charge is 2.22. The van der Waals surface area contributed by atoms with Crippen LogP contribution < -0.4 is 10.6 Å².